The maximum atomic E-state index is 12.6. The Morgan fingerprint density at radius 1 is 1.17 bits per heavy atom. The predicted octanol–water partition coefficient (Wildman–Crippen LogP) is 4.06. The summed E-state index contributed by atoms with van der Waals surface area (Å²) in [6.07, 6.45) is 2.78. The van der Waals surface area contributed by atoms with Crippen molar-refractivity contribution < 1.29 is 9.72 Å². The van der Waals surface area contributed by atoms with E-state index in [4.69, 9.17) is 11.6 Å². The first kappa shape index (κ1) is 15.5. The Bertz CT molecular complexity index is 758. The van der Waals surface area contributed by atoms with Gasteiger partial charge in [-0.2, -0.15) is 0 Å². The molecule has 1 saturated carbocycles. The lowest BCUT2D eigenvalue weighted by molar-refractivity contribution is -0.384. The van der Waals surface area contributed by atoms with Gasteiger partial charge in [-0.25, -0.2) is 0 Å². The van der Waals surface area contributed by atoms with Gasteiger partial charge in [-0.1, -0.05) is 41.9 Å². The van der Waals surface area contributed by atoms with Crippen LogP contribution in [0.1, 0.15) is 35.2 Å². The average Bonchev–Trinajstić information content (AvgIpc) is 2.51. The van der Waals surface area contributed by atoms with Gasteiger partial charge in [0, 0.05) is 12.1 Å². The van der Waals surface area contributed by atoms with Crippen molar-refractivity contribution in [3.63, 3.8) is 0 Å². The summed E-state index contributed by atoms with van der Waals surface area (Å²) in [5, 5.41) is 13.9. The van der Waals surface area contributed by atoms with Crippen LogP contribution in [-0.4, -0.2) is 10.8 Å². The number of benzene rings is 2. The summed E-state index contributed by atoms with van der Waals surface area (Å²) in [6.45, 7) is 0. The number of rotatable bonds is 4. The Labute approximate surface area is 138 Å². The van der Waals surface area contributed by atoms with Crippen LogP contribution in [0.15, 0.2) is 48.5 Å². The summed E-state index contributed by atoms with van der Waals surface area (Å²) in [5.74, 6) is -0.312. The van der Waals surface area contributed by atoms with Gasteiger partial charge >= 0.3 is 0 Å². The predicted molar refractivity (Wildman–Crippen MR) is 87.5 cm³/mol. The summed E-state index contributed by atoms with van der Waals surface area (Å²) in [6, 6.07) is 13.7. The van der Waals surface area contributed by atoms with Gasteiger partial charge in [-0.05, 0) is 30.9 Å². The molecule has 5 nitrogen and oxygen atoms in total. The van der Waals surface area contributed by atoms with Crippen molar-refractivity contribution in [3.05, 3.63) is 74.8 Å². The van der Waals surface area contributed by atoms with Crippen LogP contribution in [0, 0.1) is 10.1 Å². The molecule has 0 heterocycles. The van der Waals surface area contributed by atoms with E-state index in [1.807, 2.05) is 30.3 Å². The van der Waals surface area contributed by atoms with Crippen LogP contribution in [-0.2, 0) is 5.54 Å². The van der Waals surface area contributed by atoms with Crippen molar-refractivity contribution in [2.24, 2.45) is 0 Å². The highest BCUT2D eigenvalue weighted by Gasteiger charge is 2.40. The molecule has 0 atom stereocenters. The largest absolute Gasteiger partial charge is 0.342 e. The second-order valence-electron chi connectivity index (χ2n) is 5.68. The molecule has 1 aliphatic carbocycles. The lowest BCUT2D eigenvalue weighted by Gasteiger charge is -2.43. The fourth-order valence-electron chi connectivity index (χ4n) is 2.86. The van der Waals surface area contributed by atoms with E-state index in [-0.39, 0.29) is 27.7 Å². The number of halogens is 1. The molecule has 1 aliphatic rings. The number of nitrogens with one attached hydrogen (secondary N) is 1. The minimum Gasteiger partial charge on any atom is -0.342 e. The molecule has 0 unspecified atom stereocenters. The van der Waals surface area contributed by atoms with Gasteiger partial charge in [0.2, 0.25) is 0 Å². The summed E-state index contributed by atoms with van der Waals surface area (Å²) in [5.41, 5.74) is 0.814. The maximum absolute atomic E-state index is 12.6. The van der Waals surface area contributed by atoms with E-state index in [0.29, 0.717) is 0 Å². The van der Waals surface area contributed by atoms with E-state index in [1.165, 1.54) is 18.2 Å². The molecule has 0 saturated heterocycles. The normalized spacial score (nSPS) is 15.5. The molecule has 0 radical (unpaired) electrons. The van der Waals surface area contributed by atoms with Crippen LogP contribution in [0.2, 0.25) is 5.02 Å². The fourth-order valence-corrected chi connectivity index (χ4v) is 3.12. The third kappa shape index (κ3) is 2.92. The molecule has 3 rings (SSSR count). The minimum absolute atomic E-state index is 0.0826. The lowest BCUT2D eigenvalue weighted by Crippen LogP contribution is -2.50. The molecular formula is C17H15ClN2O3. The van der Waals surface area contributed by atoms with Crippen LogP contribution in [0.4, 0.5) is 5.69 Å². The Kier molecular flexibility index (Phi) is 4.05. The second kappa shape index (κ2) is 6.01. The van der Waals surface area contributed by atoms with E-state index < -0.39 is 4.92 Å². The van der Waals surface area contributed by atoms with Gasteiger partial charge < -0.3 is 5.32 Å². The zero-order chi connectivity index (χ0) is 16.4. The van der Waals surface area contributed by atoms with E-state index in [1.54, 1.807) is 0 Å². The van der Waals surface area contributed by atoms with Crippen molar-refractivity contribution in [3.8, 4) is 0 Å². The summed E-state index contributed by atoms with van der Waals surface area (Å²) in [7, 11) is 0. The number of nitro groups is 1. The minimum atomic E-state index is -0.537. The molecule has 23 heavy (non-hydrogen) atoms. The maximum Gasteiger partial charge on any atom is 0.270 e. The molecule has 118 valence electrons. The molecule has 0 aliphatic heterocycles. The Morgan fingerprint density at radius 2 is 1.87 bits per heavy atom. The van der Waals surface area contributed by atoms with E-state index in [0.717, 1.165) is 24.8 Å². The number of amides is 1. The lowest BCUT2D eigenvalue weighted by atomic mass is 9.71. The number of non-ortho nitro benzene ring substituents is 1. The van der Waals surface area contributed by atoms with Gasteiger partial charge in [0.05, 0.1) is 21.0 Å². The van der Waals surface area contributed by atoms with Crippen molar-refractivity contribution in [2.45, 2.75) is 24.8 Å². The molecule has 2 aromatic rings. The number of hydrogen-bond acceptors (Lipinski definition) is 3. The van der Waals surface area contributed by atoms with Gasteiger partial charge in [-0.3, -0.25) is 14.9 Å². The molecule has 0 aromatic heterocycles. The van der Waals surface area contributed by atoms with Gasteiger partial charge in [0.1, 0.15) is 0 Å². The number of carbonyl (C=O) groups is 1. The highest BCUT2D eigenvalue weighted by molar-refractivity contribution is 6.34. The smallest absolute Gasteiger partial charge is 0.270 e. The first-order valence-corrected chi connectivity index (χ1v) is 7.72. The fraction of sp³-hybridized carbons (Fsp3) is 0.235. The summed E-state index contributed by atoms with van der Waals surface area (Å²) >= 11 is 6.04. The molecule has 2 aromatic carbocycles. The molecule has 1 fully saturated rings. The number of hydrogen-bond donors (Lipinski definition) is 1. The van der Waals surface area contributed by atoms with Gasteiger partial charge in [-0.15, -0.1) is 0 Å². The first-order chi connectivity index (χ1) is 11.0. The summed E-state index contributed by atoms with van der Waals surface area (Å²) in [4.78, 5) is 22.8. The van der Waals surface area contributed by atoms with Crippen molar-refractivity contribution in [1.29, 1.82) is 0 Å². The third-order valence-corrected chi connectivity index (χ3v) is 4.61. The number of carbonyl (C=O) groups excluding carboxylic acids is 1. The number of nitrogens with zero attached hydrogens (tertiary/aromatic N) is 1. The summed E-state index contributed by atoms with van der Waals surface area (Å²) < 4.78 is 0. The van der Waals surface area contributed by atoms with Gasteiger partial charge in [0.15, 0.2) is 0 Å². The SMILES string of the molecule is O=C(NC1(c2ccccc2)CCC1)c1ccc([N+](=O)[O-])cc1Cl. The quantitative estimate of drug-likeness (QED) is 0.678. The van der Waals surface area contributed by atoms with Crippen LogP contribution < -0.4 is 5.32 Å². The topological polar surface area (TPSA) is 72.2 Å². The average molecular weight is 331 g/mol. The molecule has 6 heteroatoms. The standard InChI is InChI=1S/C17H15ClN2O3/c18-15-11-13(20(22)23)7-8-14(15)16(21)19-17(9-4-10-17)12-5-2-1-3-6-12/h1-3,5-8,11H,4,9-10H2,(H,19,21). The van der Waals surface area contributed by atoms with Gasteiger partial charge in [0.25, 0.3) is 11.6 Å². The van der Waals surface area contributed by atoms with Crippen molar-refractivity contribution >= 4 is 23.2 Å². The van der Waals surface area contributed by atoms with E-state index >= 15 is 0 Å². The Morgan fingerprint density at radius 3 is 2.39 bits per heavy atom. The third-order valence-electron chi connectivity index (χ3n) is 4.29. The monoisotopic (exact) mass is 330 g/mol. The number of nitro benzene ring substituents is 1. The van der Waals surface area contributed by atoms with E-state index in [2.05, 4.69) is 5.32 Å². The molecule has 0 spiro atoms. The molecule has 1 amide bonds. The first-order valence-electron chi connectivity index (χ1n) is 7.34. The van der Waals surface area contributed by atoms with Crippen LogP contribution in [0.3, 0.4) is 0 Å². The highest BCUT2D eigenvalue weighted by Crippen LogP contribution is 2.41. The highest BCUT2D eigenvalue weighted by atomic mass is 35.5. The van der Waals surface area contributed by atoms with Crippen molar-refractivity contribution in [2.75, 3.05) is 0 Å². The van der Waals surface area contributed by atoms with Crippen LogP contribution in [0.5, 0.6) is 0 Å². The van der Waals surface area contributed by atoms with E-state index in [9.17, 15) is 14.9 Å². The molecule has 1 N–H and O–H groups in total. The zero-order valence-corrected chi connectivity index (χ0v) is 13.0. The molecule has 0 bridgehead atoms. The Balaban J connectivity index is 1.85. The molecular weight excluding hydrogens is 316 g/mol. The van der Waals surface area contributed by atoms with Crippen LogP contribution >= 0.6 is 11.6 Å². The zero-order valence-electron chi connectivity index (χ0n) is 12.3. The van der Waals surface area contributed by atoms with Crippen molar-refractivity contribution in [1.82, 2.24) is 5.32 Å². The second-order valence-corrected chi connectivity index (χ2v) is 6.08. The van der Waals surface area contributed by atoms with Crippen LogP contribution in [0.25, 0.3) is 0 Å². The Hall–Kier alpha value is -2.40.